The van der Waals surface area contributed by atoms with E-state index in [1.54, 1.807) is 31.9 Å². The SMILES string of the molecule is COc1ccc2c(c1)C(Cc1ccncc1)(Cc1ccncc1)C(=O)CC2. The first-order chi connectivity index (χ1) is 13.2. The molecule has 0 N–H and O–H groups in total. The molecule has 27 heavy (non-hydrogen) atoms. The van der Waals surface area contributed by atoms with Crippen molar-refractivity contribution in [1.29, 1.82) is 0 Å². The van der Waals surface area contributed by atoms with E-state index >= 15 is 0 Å². The number of hydrogen-bond donors (Lipinski definition) is 0. The first-order valence-corrected chi connectivity index (χ1v) is 9.20. The Morgan fingerprint density at radius 2 is 1.48 bits per heavy atom. The molecule has 0 bridgehead atoms. The molecule has 1 aromatic carbocycles. The van der Waals surface area contributed by atoms with E-state index in [2.05, 4.69) is 22.1 Å². The van der Waals surface area contributed by atoms with Gasteiger partial charge in [-0.3, -0.25) is 14.8 Å². The summed E-state index contributed by atoms with van der Waals surface area (Å²) in [5.41, 5.74) is 3.95. The first kappa shape index (κ1) is 17.4. The molecule has 4 heteroatoms. The number of carbonyl (C=O) groups is 1. The van der Waals surface area contributed by atoms with E-state index in [0.29, 0.717) is 19.3 Å². The number of ether oxygens (including phenoxy) is 1. The third kappa shape index (κ3) is 3.35. The van der Waals surface area contributed by atoms with Gasteiger partial charge < -0.3 is 4.74 Å². The van der Waals surface area contributed by atoms with Crippen LogP contribution in [0.15, 0.2) is 67.3 Å². The zero-order chi connectivity index (χ0) is 18.7. The maximum Gasteiger partial charge on any atom is 0.144 e. The minimum absolute atomic E-state index is 0.289. The average molecular weight is 358 g/mol. The van der Waals surface area contributed by atoms with Crippen molar-refractivity contribution in [2.24, 2.45) is 0 Å². The molecule has 2 heterocycles. The number of ketones is 1. The van der Waals surface area contributed by atoms with Crippen molar-refractivity contribution in [2.75, 3.05) is 7.11 Å². The molecule has 2 aromatic heterocycles. The summed E-state index contributed by atoms with van der Waals surface area (Å²) < 4.78 is 5.48. The second-order valence-corrected chi connectivity index (χ2v) is 7.09. The summed E-state index contributed by atoms with van der Waals surface area (Å²) in [7, 11) is 1.67. The van der Waals surface area contributed by atoms with Crippen molar-refractivity contribution in [2.45, 2.75) is 31.1 Å². The number of benzene rings is 1. The molecule has 0 aliphatic heterocycles. The number of aryl methyl sites for hydroxylation is 1. The largest absolute Gasteiger partial charge is 0.497 e. The molecule has 0 radical (unpaired) electrons. The van der Waals surface area contributed by atoms with E-state index in [-0.39, 0.29) is 5.78 Å². The van der Waals surface area contributed by atoms with E-state index in [1.165, 1.54) is 5.56 Å². The Balaban J connectivity index is 1.88. The number of nitrogens with zero attached hydrogens (tertiary/aromatic N) is 2. The number of Topliss-reactive ketones (excluding diaryl/α,β-unsaturated/α-hetero) is 1. The lowest BCUT2D eigenvalue weighted by Gasteiger charge is -2.38. The van der Waals surface area contributed by atoms with Crippen molar-refractivity contribution in [3.8, 4) is 5.75 Å². The monoisotopic (exact) mass is 358 g/mol. The van der Waals surface area contributed by atoms with E-state index in [9.17, 15) is 4.79 Å². The van der Waals surface area contributed by atoms with Crippen LogP contribution in [0, 0.1) is 0 Å². The van der Waals surface area contributed by atoms with Crippen LogP contribution in [0.3, 0.4) is 0 Å². The van der Waals surface area contributed by atoms with Crippen LogP contribution in [0.1, 0.15) is 28.7 Å². The predicted molar refractivity (Wildman–Crippen MR) is 104 cm³/mol. The van der Waals surface area contributed by atoms with Crippen molar-refractivity contribution in [3.63, 3.8) is 0 Å². The molecule has 0 unspecified atom stereocenters. The van der Waals surface area contributed by atoms with E-state index < -0.39 is 5.41 Å². The van der Waals surface area contributed by atoms with Crippen LogP contribution in [-0.2, 0) is 29.5 Å². The van der Waals surface area contributed by atoms with Crippen LogP contribution < -0.4 is 4.74 Å². The molecule has 0 saturated carbocycles. The molecule has 136 valence electrons. The number of rotatable bonds is 5. The molecule has 4 nitrogen and oxygen atoms in total. The maximum atomic E-state index is 13.4. The Bertz CT molecular complexity index is 898. The van der Waals surface area contributed by atoms with Crippen LogP contribution in [0.2, 0.25) is 0 Å². The molecular weight excluding hydrogens is 336 g/mol. The number of fused-ring (bicyclic) bond motifs is 1. The molecule has 0 amide bonds. The number of methoxy groups -OCH3 is 1. The Kier molecular flexibility index (Phi) is 4.71. The highest BCUT2D eigenvalue weighted by Crippen LogP contribution is 2.41. The van der Waals surface area contributed by atoms with E-state index in [0.717, 1.165) is 28.9 Å². The van der Waals surface area contributed by atoms with Gasteiger partial charge in [0.2, 0.25) is 0 Å². The molecule has 3 aromatic rings. The van der Waals surface area contributed by atoms with Crippen molar-refractivity contribution < 1.29 is 9.53 Å². The normalized spacial score (nSPS) is 15.2. The average Bonchev–Trinajstić information content (AvgIpc) is 2.72. The molecular formula is C23H22N2O2. The Labute approximate surface area is 159 Å². The highest BCUT2D eigenvalue weighted by molar-refractivity contribution is 5.93. The lowest BCUT2D eigenvalue weighted by molar-refractivity contribution is -0.125. The van der Waals surface area contributed by atoms with E-state index in [4.69, 9.17) is 4.74 Å². The van der Waals surface area contributed by atoms with Crippen molar-refractivity contribution >= 4 is 5.78 Å². The van der Waals surface area contributed by atoms with Gasteiger partial charge in [0.15, 0.2) is 0 Å². The zero-order valence-electron chi connectivity index (χ0n) is 15.4. The molecule has 4 rings (SSSR count). The third-order valence-corrected chi connectivity index (χ3v) is 5.50. The van der Waals surface area contributed by atoms with Gasteiger partial charge in [-0.2, -0.15) is 0 Å². The predicted octanol–water partition coefficient (Wildman–Crippen LogP) is 3.72. The zero-order valence-corrected chi connectivity index (χ0v) is 15.4. The molecule has 1 aliphatic carbocycles. The Morgan fingerprint density at radius 3 is 2.04 bits per heavy atom. The molecule has 1 aliphatic rings. The van der Waals surface area contributed by atoms with Crippen molar-refractivity contribution in [1.82, 2.24) is 9.97 Å². The second-order valence-electron chi connectivity index (χ2n) is 7.09. The quantitative estimate of drug-likeness (QED) is 0.697. The summed E-state index contributed by atoms with van der Waals surface area (Å²) in [5.74, 6) is 1.08. The van der Waals surface area contributed by atoms with Crippen molar-refractivity contribution in [3.05, 3.63) is 89.5 Å². The summed E-state index contributed by atoms with van der Waals surface area (Å²) in [5, 5.41) is 0. The lowest BCUT2D eigenvalue weighted by Crippen LogP contribution is -2.44. The first-order valence-electron chi connectivity index (χ1n) is 9.20. The highest BCUT2D eigenvalue weighted by atomic mass is 16.5. The molecule has 0 saturated heterocycles. The lowest BCUT2D eigenvalue weighted by atomic mass is 9.63. The van der Waals surface area contributed by atoms with Crippen LogP contribution >= 0.6 is 0 Å². The van der Waals surface area contributed by atoms with Crippen LogP contribution in [0.5, 0.6) is 5.75 Å². The number of hydrogen-bond acceptors (Lipinski definition) is 4. The highest BCUT2D eigenvalue weighted by Gasteiger charge is 2.44. The number of pyridine rings is 2. The van der Waals surface area contributed by atoms with Crippen LogP contribution in [0.25, 0.3) is 0 Å². The fourth-order valence-electron chi connectivity index (χ4n) is 4.13. The summed E-state index contributed by atoms with van der Waals surface area (Å²) in [4.78, 5) is 21.7. The van der Waals surface area contributed by atoms with Gasteiger partial charge >= 0.3 is 0 Å². The number of carbonyl (C=O) groups excluding carboxylic acids is 1. The summed E-state index contributed by atoms with van der Waals surface area (Å²) in [6.07, 6.45) is 9.80. The van der Waals surface area contributed by atoms with Crippen LogP contribution in [-0.4, -0.2) is 22.9 Å². The fourth-order valence-corrected chi connectivity index (χ4v) is 4.13. The molecule has 0 atom stereocenters. The second kappa shape index (κ2) is 7.31. The Hall–Kier alpha value is -3.01. The molecule has 0 spiro atoms. The van der Waals surface area contributed by atoms with Gasteiger partial charge in [0.1, 0.15) is 11.5 Å². The minimum Gasteiger partial charge on any atom is -0.497 e. The fraction of sp³-hybridized carbons (Fsp3) is 0.261. The van der Waals surface area contributed by atoms with Gasteiger partial charge in [0.05, 0.1) is 12.5 Å². The third-order valence-electron chi connectivity index (χ3n) is 5.50. The summed E-state index contributed by atoms with van der Waals surface area (Å²) in [6.45, 7) is 0. The van der Waals surface area contributed by atoms with E-state index in [1.807, 2.05) is 30.3 Å². The molecule has 0 fully saturated rings. The smallest absolute Gasteiger partial charge is 0.144 e. The summed E-state index contributed by atoms with van der Waals surface area (Å²) in [6, 6.07) is 14.1. The Morgan fingerprint density at radius 1 is 0.889 bits per heavy atom. The summed E-state index contributed by atoms with van der Waals surface area (Å²) >= 11 is 0. The van der Waals surface area contributed by atoms with Gasteiger partial charge in [0, 0.05) is 31.2 Å². The minimum atomic E-state index is -0.606. The van der Waals surface area contributed by atoms with Gasteiger partial charge in [-0.25, -0.2) is 0 Å². The van der Waals surface area contributed by atoms with Gasteiger partial charge in [-0.05, 0) is 77.9 Å². The van der Waals surface area contributed by atoms with Gasteiger partial charge in [-0.1, -0.05) is 6.07 Å². The van der Waals surface area contributed by atoms with Gasteiger partial charge in [0.25, 0.3) is 0 Å². The topological polar surface area (TPSA) is 52.1 Å². The maximum absolute atomic E-state index is 13.4. The number of aromatic nitrogens is 2. The van der Waals surface area contributed by atoms with Crippen LogP contribution in [0.4, 0.5) is 0 Å². The standard InChI is InChI=1S/C23H22N2O2/c1-27-20-4-2-19-3-5-22(26)23(21(19)14-20,15-17-6-10-24-11-7-17)16-18-8-12-25-13-9-18/h2,4,6-14H,3,5,15-16H2,1H3. The van der Waals surface area contributed by atoms with Gasteiger partial charge in [-0.15, -0.1) is 0 Å².